The lowest BCUT2D eigenvalue weighted by molar-refractivity contribution is 0.0915. The molecular formula is C19H21N5O3. The van der Waals surface area contributed by atoms with Crippen LogP contribution in [0.5, 0.6) is 11.5 Å². The maximum absolute atomic E-state index is 12.8. The predicted molar refractivity (Wildman–Crippen MR) is 98.0 cm³/mol. The molecule has 1 atom stereocenters. The number of hydrogen-bond donors (Lipinski definition) is 1. The summed E-state index contributed by atoms with van der Waals surface area (Å²) in [4.78, 5) is 21.1. The number of ether oxygens (including phenoxy) is 2. The van der Waals surface area contributed by atoms with Crippen molar-refractivity contribution in [2.75, 3.05) is 13.2 Å². The van der Waals surface area contributed by atoms with Crippen LogP contribution in [0.25, 0.3) is 5.78 Å². The van der Waals surface area contributed by atoms with E-state index in [1.165, 1.54) is 0 Å². The van der Waals surface area contributed by atoms with Crippen LogP contribution in [0.2, 0.25) is 0 Å². The molecule has 0 saturated carbocycles. The molecule has 8 nitrogen and oxygen atoms in total. The standard InChI is InChI=1S/C19H21N5O3/c1-11(2)16(13-4-5-14-15(10-13)27-9-8-26-14)21-18(25)17-22-19-20-7-6-12(3)24(19)23-17/h4-7,10-11,16H,8-9H2,1-3H3,(H,21,25). The molecule has 0 fully saturated rings. The van der Waals surface area contributed by atoms with E-state index in [-0.39, 0.29) is 23.7 Å². The number of aromatic nitrogens is 4. The van der Waals surface area contributed by atoms with Gasteiger partial charge in [-0.2, -0.15) is 4.98 Å². The molecule has 1 unspecified atom stereocenters. The summed E-state index contributed by atoms with van der Waals surface area (Å²) in [6.45, 7) is 7.04. The van der Waals surface area contributed by atoms with E-state index in [0.29, 0.717) is 24.7 Å². The summed E-state index contributed by atoms with van der Waals surface area (Å²) in [5.74, 6) is 1.74. The number of nitrogens with zero attached hydrogens (tertiary/aromatic N) is 4. The number of benzene rings is 1. The van der Waals surface area contributed by atoms with Gasteiger partial charge in [0.05, 0.1) is 6.04 Å². The van der Waals surface area contributed by atoms with Crippen molar-refractivity contribution in [2.24, 2.45) is 5.92 Å². The summed E-state index contributed by atoms with van der Waals surface area (Å²) in [6.07, 6.45) is 1.65. The van der Waals surface area contributed by atoms with Gasteiger partial charge in [-0.25, -0.2) is 9.50 Å². The van der Waals surface area contributed by atoms with Crippen LogP contribution < -0.4 is 14.8 Å². The Morgan fingerprint density at radius 1 is 1.19 bits per heavy atom. The van der Waals surface area contributed by atoms with E-state index in [1.807, 2.05) is 45.0 Å². The number of nitrogens with one attached hydrogen (secondary N) is 1. The molecular weight excluding hydrogens is 346 g/mol. The van der Waals surface area contributed by atoms with Crippen molar-refractivity contribution in [1.29, 1.82) is 0 Å². The van der Waals surface area contributed by atoms with Crippen molar-refractivity contribution >= 4 is 11.7 Å². The Kier molecular flexibility index (Phi) is 4.39. The van der Waals surface area contributed by atoms with Crippen LogP contribution >= 0.6 is 0 Å². The van der Waals surface area contributed by atoms with Gasteiger partial charge in [0.25, 0.3) is 11.7 Å². The minimum absolute atomic E-state index is 0.0972. The van der Waals surface area contributed by atoms with Gasteiger partial charge < -0.3 is 14.8 Å². The Bertz CT molecular complexity index is 998. The molecule has 1 aliphatic rings. The fraction of sp³-hybridized carbons (Fsp3) is 0.368. The Morgan fingerprint density at radius 3 is 2.70 bits per heavy atom. The molecule has 27 heavy (non-hydrogen) atoms. The summed E-state index contributed by atoms with van der Waals surface area (Å²) in [6, 6.07) is 7.34. The van der Waals surface area contributed by atoms with Crippen LogP contribution in [0.15, 0.2) is 30.5 Å². The van der Waals surface area contributed by atoms with Gasteiger partial charge in [-0.3, -0.25) is 4.79 Å². The summed E-state index contributed by atoms with van der Waals surface area (Å²) in [7, 11) is 0. The van der Waals surface area contributed by atoms with E-state index in [2.05, 4.69) is 20.4 Å². The first-order valence-corrected chi connectivity index (χ1v) is 8.91. The molecule has 1 N–H and O–H groups in total. The van der Waals surface area contributed by atoms with Gasteiger partial charge >= 0.3 is 0 Å². The first kappa shape index (κ1) is 17.3. The second kappa shape index (κ2) is 6.86. The maximum atomic E-state index is 12.8. The first-order valence-electron chi connectivity index (χ1n) is 8.91. The van der Waals surface area contributed by atoms with Gasteiger partial charge in [0.2, 0.25) is 5.82 Å². The Labute approximate surface area is 156 Å². The molecule has 1 aromatic carbocycles. The van der Waals surface area contributed by atoms with Crippen LogP contribution in [0.4, 0.5) is 0 Å². The minimum atomic E-state index is -0.339. The first-order chi connectivity index (χ1) is 13.0. The van der Waals surface area contributed by atoms with Gasteiger partial charge in [-0.05, 0) is 36.6 Å². The van der Waals surface area contributed by atoms with Gasteiger partial charge in [0.1, 0.15) is 13.2 Å². The third-order valence-corrected chi connectivity index (χ3v) is 4.51. The third-order valence-electron chi connectivity index (χ3n) is 4.51. The molecule has 0 radical (unpaired) electrons. The van der Waals surface area contributed by atoms with Crippen molar-refractivity contribution in [3.05, 3.63) is 47.5 Å². The smallest absolute Gasteiger partial charge is 0.291 e. The third kappa shape index (κ3) is 3.30. The molecule has 2 aromatic heterocycles. The lowest BCUT2D eigenvalue weighted by Crippen LogP contribution is -2.32. The van der Waals surface area contributed by atoms with E-state index >= 15 is 0 Å². The number of fused-ring (bicyclic) bond motifs is 2. The second-order valence-corrected chi connectivity index (χ2v) is 6.83. The van der Waals surface area contributed by atoms with E-state index in [9.17, 15) is 4.79 Å². The molecule has 1 amide bonds. The summed E-state index contributed by atoms with van der Waals surface area (Å²) in [5.41, 5.74) is 1.81. The van der Waals surface area contributed by atoms with Crippen molar-refractivity contribution in [2.45, 2.75) is 26.8 Å². The van der Waals surface area contributed by atoms with Gasteiger partial charge in [-0.15, -0.1) is 5.10 Å². The molecule has 3 heterocycles. The number of hydrogen-bond acceptors (Lipinski definition) is 6. The monoisotopic (exact) mass is 367 g/mol. The van der Waals surface area contributed by atoms with Crippen LogP contribution in [0.3, 0.4) is 0 Å². The van der Waals surface area contributed by atoms with Crippen molar-refractivity contribution < 1.29 is 14.3 Å². The lowest BCUT2D eigenvalue weighted by Gasteiger charge is -2.25. The average molecular weight is 367 g/mol. The van der Waals surface area contributed by atoms with Crippen molar-refractivity contribution in [3.8, 4) is 11.5 Å². The largest absolute Gasteiger partial charge is 0.486 e. The highest BCUT2D eigenvalue weighted by Gasteiger charge is 2.24. The molecule has 0 saturated heterocycles. The van der Waals surface area contributed by atoms with E-state index in [1.54, 1.807) is 10.7 Å². The predicted octanol–water partition coefficient (Wildman–Crippen LogP) is 2.33. The Morgan fingerprint density at radius 2 is 1.96 bits per heavy atom. The fourth-order valence-corrected chi connectivity index (χ4v) is 3.10. The minimum Gasteiger partial charge on any atom is -0.486 e. The highest BCUT2D eigenvalue weighted by molar-refractivity contribution is 5.91. The molecule has 0 bridgehead atoms. The number of amides is 1. The van der Waals surface area contributed by atoms with E-state index in [0.717, 1.165) is 17.0 Å². The van der Waals surface area contributed by atoms with Gasteiger partial charge in [0, 0.05) is 11.9 Å². The number of aryl methyl sites for hydroxylation is 1. The average Bonchev–Trinajstić information content (AvgIpc) is 3.11. The molecule has 140 valence electrons. The van der Waals surface area contributed by atoms with E-state index < -0.39 is 0 Å². The number of carbonyl (C=O) groups excluding carboxylic acids is 1. The van der Waals surface area contributed by atoms with Crippen molar-refractivity contribution in [1.82, 2.24) is 24.9 Å². The van der Waals surface area contributed by atoms with Crippen LogP contribution in [-0.2, 0) is 0 Å². The van der Waals surface area contributed by atoms with Gasteiger partial charge in [-0.1, -0.05) is 19.9 Å². The summed E-state index contributed by atoms with van der Waals surface area (Å²) >= 11 is 0. The zero-order valence-electron chi connectivity index (χ0n) is 15.5. The molecule has 1 aliphatic heterocycles. The quantitative estimate of drug-likeness (QED) is 0.761. The highest BCUT2D eigenvalue weighted by atomic mass is 16.6. The zero-order chi connectivity index (χ0) is 19.0. The molecule has 0 spiro atoms. The second-order valence-electron chi connectivity index (χ2n) is 6.83. The van der Waals surface area contributed by atoms with E-state index in [4.69, 9.17) is 9.47 Å². The van der Waals surface area contributed by atoms with Crippen LogP contribution in [0.1, 0.15) is 41.8 Å². The Hall–Kier alpha value is -3.16. The highest BCUT2D eigenvalue weighted by Crippen LogP contribution is 2.34. The SMILES string of the molecule is Cc1ccnc2nc(C(=O)NC(c3ccc4c(c3)OCCO4)C(C)C)nn12. The molecule has 0 aliphatic carbocycles. The number of rotatable bonds is 4. The van der Waals surface area contributed by atoms with Crippen LogP contribution in [0, 0.1) is 12.8 Å². The maximum Gasteiger partial charge on any atom is 0.291 e. The fourth-order valence-electron chi connectivity index (χ4n) is 3.10. The molecule has 3 aromatic rings. The van der Waals surface area contributed by atoms with Crippen LogP contribution in [-0.4, -0.2) is 38.7 Å². The molecule has 4 rings (SSSR count). The lowest BCUT2D eigenvalue weighted by atomic mass is 9.95. The number of carbonyl (C=O) groups is 1. The normalized spacial score (nSPS) is 14.4. The topological polar surface area (TPSA) is 90.6 Å². The summed E-state index contributed by atoms with van der Waals surface area (Å²) < 4.78 is 12.8. The van der Waals surface area contributed by atoms with Crippen molar-refractivity contribution in [3.63, 3.8) is 0 Å². The Balaban J connectivity index is 1.61. The van der Waals surface area contributed by atoms with Gasteiger partial charge in [0.15, 0.2) is 11.5 Å². The molecule has 8 heteroatoms. The zero-order valence-corrected chi connectivity index (χ0v) is 15.5. The summed E-state index contributed by atoms with van der Waals surface area (Å²) in [5, 5.41) is 7.31.